The van der Waals surface area contributed by atoms with Gasteiger partial charge in [-0.1, -0.05) is 53.2 Å². The number of allylic oxidation sites excluding steroid dienone is 2. The van der Waals surface area contributed by atoms with Crippen molar-refractivity contribution in [1.29, 1.82) is 0 Å². The fourth-order valence-electron chi connectivity index (χ4n) is 12.4. The summed E-state index contributed by atoms with van der Waals surface area (Å²) in [4.78, 5) is 13.0. The van der Waals surface area contributed by atoms with Crippen molar-refractivity contribution in [2.24, 2.45) is 56.7 Å². The van der Waals surface area contributed by atoms with Crippen LogP contribution in [0.25, 0.3) is 0 Å². The summed E-state index contributed by atoms with van der Waals surface area (Å²) < 4.78 is 11.7. The number of rotatable bonds is 4. The van der Waals surface area contributed by atoms with Gasteiger partial charge in [-0.2, -0.15) is 0 Å². The third kappa shape index (κ3) is 4.38. The molecule has 5 aliphatic carbocycles. The molecule has 5 fully saturated rings. The molecule has 1 aliphatic heterocycles. The first-order chi connectivity index (χ1) is 20.9. The normalized spacial score (nSPS) is 57.9. The Morgan fingerprint density at radius 2 is 1.64 bits per heavy atom. The molecule has 256 valence electrons. The predicted octanol–water partition coefficient (Wildman–Crippen LogP) is 2.47. The van der Waals surface area contributed by atoms with E-state index in [1.807, 2.05) is 6.92 Å². The zero-order chi connectivity index (χ0) is 33.1. The van der Waals surface area contributed by atoms with Crippen molar-refractivity contribution in [1.82, 2.24) is 0 Å². The summed E-state index contributed by atoms with van der Waals surface area (Å²) >= 11 is 0. The average molecular weight is 637 g/mol. The van der Waals surface area contributed by atoms with Crippen LogP contribution >= 0.6 is 0 Å². The van der Waals surface area contributed by atoms with Crippen LogP contribution in [0.1, 0.15) is 86.5 Å². The highest BCUT2D eigenvalue weighted by Crippen LogP contribution is 2.76. The van der Waals surface area contributed by atoms with E-state index < -0.39 is 71.0 Å². The van der Waals surface area contributed by atoms with Crippen molar-refractivity contribution in [2.75, 3.05) is 13.2 Å². The maximum Gasteiger partial charge on any atom is 0.310 e. The molecule has 0 aromatic carbocycles. The second kappa shape index (κ2) is 11.0. The number of aliphatic hydroxyl groups excluding tert-OH is 6. The van der Waals surface area contributed by atoms with E-state index in [9.17, 15) is 40.5 Å². The van der Waals surface area contributed by atoms with Gasteiger partial charge >= 0.3 is 5.97 Å². The quantitative estimate of drug-likeness (QED) is 0.179. The summed E-state index contributed by atoms with van der Waals surface area (Å²) in [6.07, 6.45) is -1.84. The van der Waals surface area contributed by atoms with Crippen molar-refractivity contribution < 1.29 is 50.0 Å². The molecule has 1 heterocycles. The highest BCUT2D eigenvalue weighted by atomic mass is 16.7. The Bertz CT molecular complexity index is 1210. The Morgan fingerprint density at radius 3 is 2.29 bits per heavy atom. The van der Waals surface area contributed by atoms with E-state index in [4.69, 9.17) is 9.47 Å². The zero-order valence-corrected chi connectivity index (χ0v) is 27.7. The third-order valence-electron chi connectivity index (χ3n) is 15.1. The SMILES string of the molecule is C[C@@H]1[C@H]2C3=CC[C@@H]4[C@@]5(C)CC(O)[C@H](O[C@@H]6OC[C@H](O)[C@H](O)[C@H]6O)[C@@](C)(CO)[C@@H]5C(O)C[C@@]4(C)[C@]3(C)CC[C@@]2(C(=O)O)CC[C@@H]1C. The number of hydrogen-bond acceptors (Lipinski definition) is 9. The van der Waals surface area contributed by atoms with Crippen LogP contribution in [0.2, 0.25) is 0 Å². The van der Waals surface area contributed by atoms with Gasteiger partial charge in [0, 0.05) is 11.3 Å². The van der Waals surface area contributed by atoms with E-state index in [1.54, 1.807) is 0 Å². The molecular weight excluding hydrogens is 580 g/mol. The van der Waals surface area contributed by atoms with Crippen LogP contribution in [0.4, 0.5) is 0 Å². The fourth-order valence-corrected chi connectivity index (χ4v) is 12.4. The molecule has 0 spiro atoms. The maximum atomic E-state index is 13.0. The lowest BCUT2D eigenvalue weighted by atomic mass is 9.32. The van der Waals surface area contributed by atoms with E-state index in [-0.39, 0.29) is 41.8 Å². The predicted molar refractivity (Wildman–Crippen MR) is 163 cm³/mol. The zero-order valence-electron chi connectivity index (χ0n) is 27.7. The lowest BCUT2D eigenvalue weighted by molar-refractivity contribution is -0.336. The highest BCUT2D eigenvalue weighted by molar-refractivity contribution is 5.76. The maximum absolute atomic E-state index is 13.0. The summed E-state index contributed by atoms with van der Waals surface area (Å²) in [5.41, 5.74) is -1.99. The monoisotopic (exact) mass is 636 g/mol. The van der Waals surface area contributed by atoms with Gasteiger partial charge in [-0.05, 0) is 84.9 Å². The number of carboxylic acid groups (broad SMARTS) is 1. The molecule has 17 atom stereocenters. The van der Waals surface area contributed by atoms with Crippen molar-refractivity contribution >= 4 is 5.97 Å². The van der Waals surface area contributed by atoms with Crippen molar-refractivity contribution in [3.8, 4) is 0 Å². The molecule has 1 saturated heterocycles. The number of fused-ring (bicyclic) bond motifs is 7. The van der Waals surface area contributed by atoms with Crippen molar-refractivity contribution in [3.63, 3.8) is 0 Å². The van der Waals surface area contributed by atoms with E-state index in [2.05, 4.69) is 40.7 Å². The van der Waals surface area contributed by atoms with E-state index >= 15 is 0 Å². The lowest BCUT2D eigenvalue weighted by Gasteiger charge is -2.72. The van der Waals surface area contributed by atoms with Gasteiger partial charge in [0.1, 0.15) is 18.3 Å². The van der Waals surface area contributed by atoms with Gasteiger partial charge in [-0.15, -0.1) is 0 Å². The molecular formula is C35H56O10. The average Bonchev–Trinajstić information content (AvgIpc) is 2.96. The molecule has 0 amide bonds. The first-order valence-electron chi connectivity index (χ1n) is 17.1. The number of hydrogen-bond donors (Lipinski definition) is 7. The summed E-state index contributed by atoms with van der Waals surface area (Å²) in [5.74, 6) is -0.538. The van der Waals surface area contributed by atoms with Crippen LogP contribution < -0.4 is 0 Å². The van der Waals surface area contributed by atoms with Crippen LogP contribution in [0.5, 0.6) is 0 Å². The minimum atomic E-state index is -1.55. The number of carboxylic acids is 1. The minimum Gasteiger partial charge on any atom is -0.481 e. The number of ether oxygens (including phenoxy) is 2. The molecule has 0 radical (unpaired) electrons. The molecule has 45 heavy (non-hydrogen) atoms. The van der Waals surface area contributed by atoms with Crippen LogP contribution in [0.3, 0.4) is 0 Å². The van der Waals surface area contributed by atoms with Crippen molar-refractivity contribution in [2.45, 2.75) is 129 Å². The Kier molecular flexibility index (Phi) is 8.22. The number of aliphatic carboxylic acids is 1. The first-order valence-corrected chi connectivity index (χ1v) is 17.1. The number of carbonyl (C=O) groups is 1. The second-order valence-corrected chi connectivity index (χ2v) is 17.0. The van der Waals surface area contributed by atoms with E-state index in [0.29, 0.717) is 38.0 Å². The topological polar surface area (TPSA) is 177 Å². The smallest absolute Gasteiger partial charge is 0.310 e. The second-order valence-electron chi connectivity index (χ2n) is 17.0. The molecule has 4 saturated carbocycles. The molecule has 0 bridgehead atoms. The summed E-state index contributed by atoms with van der Waals surface area (Å²) in [6, 6.07) is 0. The van der Waals surface area contributed by atoms with Crippen LogP contribution in [0, 0.1) is 56.7 Å². The molecule has 0 aromatic heterocycles. The Morgan fingerprint density at radius 1 is 0.956 bits per heavy atom. The third-order valence-corrected chi connectivity index (χ3v) is 15.1. The fraction of sp³-hybridized carbons (Fsp3) is 0.914. The van der Waals surface area contributed by atoms with Gasteiger partial charge in [-0.3, -0.25) is 4.79 Å². The number of aliphatic hydroxyl groups is 6. The molecule has 6 rings (SSSR count). The lowest BCUT2D eigenvalue weighted by Crippen LogP contribution is -2.72. The minimum absolute atomic E-state index is 0.0377. The first kappa shape index (κ1) is 33.8. The molecule has 6 aliphatic rings. The van der Waals surface area contributed by atoms with E-state index in [1.165, 1.54) is 5.57 Å². The van der Waals surface area contributed by atoms with Crippen LogP contribution in [-0.2, 0) is 14.3 Å². The van der Waals surface area contributed by atoms with Crippen molar-refractivity contribution in [3.05, 3.63) is 11.6 Å². The standard InChI is InChI=1S/C35H56O10/c1-17-9-10-35(30(42)43)12-11-33(5)19(24(35)18(17)2)7-8-23-31(3)13-21(38)28(45-29-26(41)25(40)22(39)15-44-29)32(4,16-36)27(31)20(37)14-34(23,33)6/h7,17-18,20-29,36-41H,8-16H2,1-6H3,(H,42,43)/t17-,18-,20?,21?,22-,23+,24-,25-,26+,27+,28-,29-,31+,32-,33+,34+,35-/m0/s1. The summed E-state index contributed by atoms with van der Waals surface area (Å²) in [6.45, 7) is 12.3. The Balaban J connectivity index is 1.38. The van der Waals surface area contributed by atoms with Gasteiger partial charge in [0.25, 0.3) is 0 Å². The van der Waals surface area contributed by atoms with Gasteiger partial charge in [0.05, 0.1) is 36.9 Å². The van der Waals surface area contributed by atoms with Gasteiger partial charge < -0.3 is 45.2 Å². The van der Waals surface area contributed by atoms with Gasteiger partial charge in [0.2, 0.25) is 0 Å². The summed E-state index contributed by atoms with van der Waals surface area (Å²) in [7, 11) is 0. The van der Waals surface area contributed by atoms with E-state index in [0.717, 1.165) is 12.8 Å². The molecule has 0 aromatic rings. The molecule has 10 heteroatoms. The van der Waals surface area contributed by atoms with Crippen LogP contribution in [0.15, 0.2) is 11.6 Å². The van der Waals surface area contributed by atoms with Crippen LogP contribution in [-0.4, -0.2) is 97.8 Å². The molecule has 2 unspecified atom stereocenters. The Hall–Kier alpha value is -1.11. The Labute approximate surface area is 266 Å². The largest absolute Gasteiger partial charge is 0.481 e. The van der Waals surface area contributed by atoms with Gasteiger partial charge in [0.15, 0.2) is 6.29 Å². The van der Waals surface area contributed by atoms with Gasteiger partial charge in [-0.25, -0.2) is 0 Å². The highest BCUT2D eigenvalue weighted by Gasteiger charge is 2.73. The summed E-state index contributed by atoms with van der Waals surface area (Å²) in [5, 5.41) is 76.5. The molecule has 10 nitrogen and oxygen atoms in total. The molecule has 7 N–H and O–H groups in total.